The highest BCUT2D eigenvalue weighted by Crippen LogP contribution is 2.41. The van der Waals surface area contributed by atoms with Crippen LogP contribution in [0.1, 0.15) is 20.8 Å². The van der Waals surface area contributed by atoms with Crippen LogP contribution in [0.4, 0.5) is 0 Å². The van der Waals surface area contributed by atoms with Gasteiger partial charge in [0.15, 0.2) is 0 Å². The van der Waals surface area contributed by atoms with Gasteiger partial charge in [0.2, 0.25) is 7.59 Å². The molecule has 0 aromatic heterocycles. The van der Waals surface area contributed by atoms with Gasteiger partial charge in [-0.1, -0.05) is 73.1 Å². The number of hydrogen-bond acceptors (Lipinski definition) is 0. The van der Waals surface area contributed by atoms with Crippen LogP contribution >= 0.6 is 0 Å². The molecule has 0 radical (unpaired) electrons. The first-order chi connectivity index (χ1) is 8.91. The predicted molar refractivity (Wildman–Crippen MR) is 111 cm³/mol. The van der Waals surface area contributed by atoms with Crippen molar-refractivity contribution in [2.75, 3.05) is 0 Å². The van der Waals surface area contributed by atoms with Crippen LogP contribution in [-0.2, 0) is 0 Å². The zero-order valence-corrected chi connectivity index (χ0v) is 20.5. The second-order valence-electron chi connectivity index (χ2n) is 10.0. The van der Waals surface area contributed by atoms with Gasteiger partial charge in [0.05, 0.1) is 7.59 Å². The molecule has 21 heavy (non-hydrogen) atoms. The van der Waals surface area contributed by atoms with Crippen LogP contribution in [0, 0.1) is 22.2 Å². The lowest BCUT2D eigenvalue weighted by atomic mass is 10.2. The molecule has 0 spiro atoms. The lowest BCUT2D eigenvalue weighted by molar-refractivity contribution is 0.733. The highest BCUT2D eigenvalue weighted by molar-refractivity contribution is 7.48. The second kappa shape index (κ2) is 6.24. The van der Waals surface area contributed by atoms with E-state index in [-0.39, 0.29) is 0 Å². The Morgan fingerprint density at radius 1 is 0.524 bits per heavy atom. The van der Waals surface area contributed by atoms with E-state index < -0.39 is 31.3 Å². The largest absolute Gasteiger partial charge is 0.201 e. The van der Waals surface area contributed by atoms with Gasteiger partial charge in [-0.15, -0.1) is 22.2 Å². The van der Waals surface area contributed by atoms with Gasteiger partial charge in [-0.25, -0.2) is 0 Å². The van der Waals surface area contributed by atoms with Gasteiger partial charge in [-0.05, 0) is 11.6 Å². The molecule has 0 aromatic carbocycles. The van der Waals surface area contributed by atoms with E-state index in [0.717, 1.165) is 0 Å². The molecule has 0 aliphatic rings. The van der Waals surface area contributed by atoms with E-state index in [4.69, 9.17) is 0 Å². The van der Waals surface area contributed by atoms with Crippen LogP contribution in [0.3, 0.4) is 0 Å². The van der Waals surface area contributed by atoms with E-state index in [2.05, 4.69) is 102 Å². The maximum atomic E-state index is 3.82. The Morgan fingerprint density at radius 2 is 0.810 bits per heavy atom. The quantitative estimate of drug-likeness (QED) is 0.432. The van der Waals surface area contributed by atoms with Crippen LogP contribution < -0.4 is 0 Å². The first-order valence-corrected chi connectivity index (χ1v) is 21.5. The van der Waals surface area contributed by atoms with E-state index in [1.54, 1.807) is 0 Å². The van der Waals surface area contributed by atoms with Crippen LogP contribution in [-0.4, -0.2) is 31.3 Å². The normalized spacial score (nSPS) is 13.9. The summed E-state index contributed by atoms with van der Waals surface area (Å²) in [5.41, 5.74) is 15.0. The van der Waals surface area contributed by atoms with Crippen molar-refractivity contribution in [1.29, 1.82) is 0 Å². The summed E-state index contributed by atoms with van der Waals surface area (Å²) in [4.78, 5) is 0. The minimum atomic E-state index is -1.85. The van der Waals surface area contributed by atoms with Crippen LogP contribution in [0.2, 0.25) is 64.0 Å². The zero-order chi connectivity index (χ0) is 17.3. The zero-order valence-electron chi connectivity index (χ0n) is 16.5. The van der Waals surface area contributed by atoms with Crippen molar-refractivity contribution in [3.63, 3.8) is 0 Å². The minimum Gasteiger partial charge on any atom is -0.138 e. The third kappa shape index (κ3) is 6.32. The third-order valence-electron chi connectivity index (χ3n) is 4.50. The molecule has 0 N–H and O–H groups in total. The number of rotatable bonds is 1. The van der Waals surface area contributed by atoms with Gasteiger partial charge in [0.1, 0.15) is 16.1 Å². The summed E-state index contributed by atoms with van der Waals surface area (Å²) < 4.78 is 0. The Morgan fingerprint density at radius 3 is 1.00 bits per heavy atom. The molecule has 0 rings (SSSR count). The lowest BCUT2D eigenvalue weighted by Gasteiger charge is -2.44. The monoisotopic (exact) mass is 352 g/mol. The topological polar surface area (TPSA) is 0 Å². The summed E-state index contributed by atoms with van der Waals surface area (Å²) in [7, 11) is -6.05. The summed E-state index contributed by atoms with van der Waals surface area (Å²) in [6.07, 6.45) is 0. The van der Waals surface area contributed by atoms with Crippen molar-refractivity contribution in [3.05, 3.63) is 0 Å². The highest BCUT2D eigenvalue weighted by Gasteiger charge is 2.51. The van der Waals surface area contributed by atoms with Crippen molar-refractivity contribution >= 4 is 31.3 Å². The van der Waals surface area contributed by atoms with Crippen molar-refractivity contribution in [2.24, 2.45) is 0 Å². The van der Waals surface area contributed by atoms with Crippen molar-refractivity contribution < 1.29 is 0 Å². The molecule has 0 amide bonds. The molecular formula is C17H36Si4. The maximum Gasteiger partial charge on any atom is 0.201 e. The first kappa shape index (κ1) is 21.0. The highest BCUT2D eigenvalue weighted by atomic mass is 29.3. The Hall–Kier alpha value is -0.0125. The molecule has 0 nitrogen and oxygen atoms in total. The van der Waals surface area contributed by atoms with E-state index >= 15 is 0 Å². The Kier molecular flexibility index (Phi) is 6.23. The molecule has 0 aliphatic heterocycles. The van der Waals surface area contributed by atoms with Gasteiger partial charge >= 0.3 is 0 Å². The molecule has 0 aliphatic carbocycles. The molecule has 120 valence electrons. The Labute approximate surface area is 138 Å². The molecule has 4 heteroatoms. The van der Waals surface area contributed by atoms with Crippen molar-refractivity contribution in [2.45, 2.75) is 84.7 Å². The summed E-state index contributed by atoms with van der Waals surface area (Å²) in [6.45, 7) is 28.7. The van der Waals surface area contributed by atoms with Crippen LogP contribution in [0.25, 0.3) is 0 Å². The molecule has 0 saturated heterocycles. The van der Waals surface area contributed by atoms with Gasteiger partial charge in [0, 0.05) is 0 Å². The summed E-state index contributed by atoms with van der Waals surface area (Å²) >= 11 is 0. The van der Waals surface area contributed by atoms with Crippen LogP contribution in [0.15, 0.2) is 0 Å². The average Bonchev–Trinajstić information content (AvgIpc) is 2.19. The fraction of sp³-hybridized carbons (Fsp3) is 0.765. The minimum absolute atomic E-state index is 0.357. The molecular weight excluding hydrogens is 317 g/mol. The Balaban J connectivity index is 6.13. The molecule has 0 heterocycles. The summed E-state index contributed by atoms with van der Waals surface area (Å²) in [5, 5.41) is 0.357. The first-order valence-electron chi connectivity index (χ1n) is 8.00. The van der Waals surface area contributed by atoms with Gasteiger partial charge < -0.3 is 0 Å². The van der Waals surface area contributed by atoms with E-state index in [1.807, 2.05) is 0 Å². The van der Waals surface area contributed by atoms with Crippen LogP contribution in [0.5, 0.6) is 0 Å². The standard InChI is InChI=1S/C17H36Si4/c1-17(2,3)20(10,11)21(12,15-13-18(4,5)6)16-14-19(7,8)9/h1-12H3. The molecule has 0 atom stereocenters. The molecule has 0 aromatic rings. The van der Waals surface area contributed by atoms with Crippen molar-refractivity contribution in [3.8, 4) is 22.2 Å². The maximum absolute atomic E-state index is 3.82. The summed E-state index contributed by atoms with van der Waals surface area (Å²) in [6, 6.07) is 0. The second-order valence-corrected chi connectivity index (χ2v) is 33.8. The predicted octanol–water partition coefficient (Wildman–Crippen LogP) is 5.49. The lowest BCUT2D eigenvalue weighted by Crippen LogP contribution is -2.61. The fourth-order valence-electron chi connectivity index (χ4n) is 1.72. The third-order valence-corrected chi connectivity index (χ3v) is 24.8. The van der Waals surface area contributed by atoms with E-state index in [1.165, 1.54) is 0 Å². The summed E-state index contributed by atoms with van der Waals surface area (Å²) in [5.74, 6) is 0. The molecule has 0 fully saturated rings. The molecule has 0 saturated carbocycles. The Bertz CT molecular complexity index is 456. The molecule has 0 bridgehead atoms. The average molecular weight is 353 g/mol. The van der Waals surface area contributed by atoms with E-state index in [0.29, 0.717) is 5.04 Å². The fourth-order valence-corrected chi connectivity index (χ4v) is 16.4. The van der Waals surface area contributed by atoms with E-state index in [9.17, 15) is 0 Å². The molecule has 0 unspecified atom stereocenters. The smallest absolute Gasteiger partial charge is 0.138 e. The van der Waals surface area contributed by atoms with Gasteiger partial charge in [0.25, 0.3) is 0 Å². The van der Waals surface area contributed by atoms with Gasteiger partial charge in [-0.2, -0.15) is 0 Å². The van der Waals surface area contributed by atoms with Crippen molar-refractivity contribution in [1.82, 2.24) is 0 Å². The SMILES string of the molecule is CC(C)(C)[Si](C)(C)[Si](C)(C#C[Si](C)(C)C)C#C[Si](C)(C)C. The number of hydrogen-bond donors (Lipinski definition) is 0. The van der Waals surface area contributed by atoms with Gasteiger partial charge in [-0.3, -0.25) is 0 Å².